The molecule has 6 nitrogen and oxygen atoms in total. The van der Waals surface area contributed by atoms with Crippen LogP contribution in [0.4, 0.5) is 5.13 Å². The highest BCUT2D eigenvalue weighted by molar-refractivity contribution is 9.10. The van der Waals surface area contributed by atoms with Crippen molar-refractivity contribution in [2.45, 2.75) is 11.8 Å². The lowest BCUT2D eigenvalue weighted by Crippen LogP contribution is -2.34. The second kappa shape index (κ2) is 6.33. The van der Waals surface area contributed by atoms with E-state index in [0.29, 0.717) is 9.88 Å². The Morgan fingerprint density at radius 3 is 2.65 bits per heavy atom. The van der Waals surface area contributed by atoms with Crippen LogP contribution in [0.2, 0.25) is 0 Å². The van der Waals surface area contributed by atoms with E-state index in [1.807, 2.05) is 0 Å². The first-order valence-corrected chi connectivity index (χ1v) is 7.97. The Kier molecular flexibility index (Phi) is 4.73. The molecule has 20 heavy (non-hydrogen) atoms. The first-order chi connectivity index (χ1) is 9.49. The Morgan fingerprint density at radius 1 is 1.35 bits per heavy atom. The summed E-state index contributed by atoms with van der Waals surface area (Å²) in [7, 11) is 0. The molecule has 0 aliphatic heterocycles. The Hall–Kier alpha value is -1.45. The summed E-state index contributed by atoms with van der Waals surface area (Å²) in [4.78, 5) is 34.8. The standard InChI is InChI=1S/C11H8BrN3O3S2/c1-5-14-15-11(20-5)13-10(18)9(17)7(12)8(16)6-3-2-4-19-6/h2-4,7H,1H3,(H,13,15,18). The zero-order valence-corrected chi connectivity index (χ0v) is 13.3. The number of aromatic nitrogens is 2. The van der Waals surface area contributed by atoms with Crippen molar-refractivity contribution in [3.05, 3.63) is 27.4 Å². The summed E-state index contributed by atoms with van der Waals surface area (Å²) in [5.74, 6) is -2.20. The molecule has 1 atom stereocenters. The second-order valence-electron chi connectivity index (χ2n) is 3.65. The van der Waals surface area contributed by atoms with Gasteiger partial charge >= 0.3 is 0 Å². The highest BCUT2D eigenvalue weighted by Crippen LogP contribution is 2.18. The number of anilines is 1. The molecule has 1 amide bonds. The van der Waals surface area contributed by atoms with Gasteiger partial charge in [-0.05, 0) is 18.4 Å². The van der Waals surface area contributed by atoms with E-state index in [1.165, 1.54) is 11.3 Å². The lowest BCUT2D eigenvalue weighted by molar-refractivity contribution is -0.133. The number of alkyl halides is 1. The van der Waals surface area contributed by atoms with Crippen LogP contribution in [0.25, 0.3) is 0 Å². The number of aryl methyl sites for hydroxylation is 1. The summed E-state index contributed by atoms with van der Waals surface area (Å²) < 4.78 is 0. The summed E-state index contributed by atoms with van der Waals surface area (Å²) in [6.45, 7) is 1.72. The van der Waals surface area contributed by atoms with Crippen molar-refractivity contribution in [1.82, 2.24) is 10.2 Å². The number of ketones is 2. The molecule has 0 aliphatic carbocycles. The molecule has 1 N–H and O–H groups in total. The fourth-order valence-electron chi connectivity index (χ4n) is 1.28. The third-order valence-electron chi connectivity index (χ3n) is 2.19. The number of amides is 1. The first kappa shape index (κ1) is 14.9. The molecule has 2 aromatic heterocycles. The number of carbonyl (C=O) groups is 3. The highest BCUT2D eigenvalue weighted by Gasteiger charge is 2.30. The van der Waals surface area contributed by atoms with Crippen LogP contribution in [-0.4, -0.2) is 32.5 Å². The van der Waals surface area contributed by atoms with Crippen LogP contribution >= 0.6 is 38.6 Å². The molecule has 2 heterocycles. The van der Waals surface area contributed by atoms with Crippen LogP contribution in [0.5, 0.6) is 0 Å². The lowest BCUT2D eigenvalue weighted by atomic mass is 10.1. The Bertz CT molecular complexity index is 654. The SMILES string of the molecule is Cc1nnc(NC(=O)C(=O)C(Br)C(=O)c2cccs2)s1. The van der Waals surface area contributed by atoms with Gasteiger partial charge in [-0.1, -0.05) is 33.3 Å². The first-order valence-electron chi connectivity index (χ1n) is 5.36. The minimum Gasteiger partial charge on any atom is -0.294 e. The van der Waals surface area contributed by atoms with Crippen LogP contribution in [0.3, 0.4) is 0 Å². The van der Waals surface area contributed by atoms with Gasteiger partial charge in [-0.3, -0.25) is 19.7 Å². The van der Waals surface area contributed by atoms with Crippen molar-refractivity contribution in [2.75, 3.05) is 5.32 Å². The van der Waals surface area contributed by atoms with E-state index in [2.05, 4.69) is 31.4 Å². The van der Waals surface area contributed by atoms with Crippen molar-refractivity contribution in [3.63, 3.8) is 0 Å². The van der Waals surface area contributed by atoms with Gasteiger partial charge in [0.2, 0.25) is 10.9 Å². The molecule has 0 spiro atoms. The molecule has 9 heteroatoms. The number of nitrogens with zero attached hydrogens (tertiary/aromatic N) is 2. The molecule has 0 aromatic carbocycles. The summed E-state index contributed by atoms with van der Waals surface area (Å²) in [5.41, 5.74) is 0. The third-order valence-corrected chi connectivity index (χ3v) is 4.66. The predicted molar refractivity (Wildman–Crippen MR) is 79.6 cm³/mol. The normalized spacial score (nSPS) is 11.9. The zero-order chi connectivity index (χ0) is 14.7. The van der Waals surface area contributed by atoms with Gasteiger partial charge in [-0.15, -0.1) is 21.5 Å². The van der Waals surface area contributed by atoms with Crippen LogP contribution in [0.1, 0.15) is 14.7 Å². The quantitative estimate of drug-likeness (QED) is 0.375. The Labute approximate surface area is 130 Å². The predicted octanol–water partition coefficient (Wildman–Crippen LogP) is 2.06. The Morgan fingerprint density at radius 2 is 2.10 bits per heavy atom. The van der Waals surface area contributed by atoms with E-state index in [4.69, 9.17) is 0 Å². The molecule has 0 fully saturated rings. The van der Waals surface area contributed by atoms with Gasteiger partial charge in [0.15, 0.2) is 5.78 Å². The maximum Gasteiger partial charge on any atom is 0.295 e. The van der Waals surface area contributed by atoms with Crippen molar-refractivity contribution < 1.29 is 14.4 Å². The van der Waals surface area contributed by atoms with Gasteiger partial charge in [0, 0.05) is 0 Å². The van der Waals surface area contributed by atoms with Crippen LogP contribution in [0.15, 0.2) is 17.5 Å². The van der Waals surface area contributed by atoms with Crippen molar-refractivity contribution in [1.29, 1.82) is 0 Å². The van der Waals surface area contributed by atoms with E-state index >= 15 is 0 Å². The van der Waals surface area contributed by atoms with Gasteiger partial charge in [-0.25, -0.2) is 0 Å². The van der Waals surface area contributed by atoms with Crippen LogP contribution in [0, 0.1) is 6.92 Å². The van der Waals surface area contributed by atoms with Crippen LogP contribution in [-0.2, 0) is 9.59 Å². The average molecular weight is 374 g/mol. The van der Waals surface area contributed by atoms with Crippen molar-refractivity contribution >= 4 is 61.2 Å². The second-order valence-corrected chi connectivity index (χ2v) is 6.69. The monoisotopic (exact) mass is 373 g/mol. The molecule has 2 rings (SSSR count). The molecule has 0 radical (unpaired) electrons. The fraction of sp³-hybridized carbons (Fsp3) is 0.182. The van der Waals surface area contributed by atoms with Crippen molar-refractivity contribution in [3.8, 4) is 0 Å². The van der Waals surface area contributed by atoms with Gasteiger partial charge in [0.05, 0.1) is 4.88 Å². The summed E-state index contributed by atoms with van der Waals surface area (Å²) in [6, 6.07) is 3.30. The molecule has 0 aliphatic rings. The highest BCUT2D eigenvalue weighted by atomic mass is 79.9. The maximum absolute atomic E-state index is 11.9. The number of rotatable bonds is 5. The molecule has 1 unspecified atom stereocenters. The number of nitrogens with one attached hydrogen (secondary N) is 1. The van der Waals surface area contributed by atoms with E-state index in [9.17, 15) is 14.4 Å². The molecule has 0 saturated carbocycles. The summed E-state index contributed by atoms with van der Waals surface area (Å²) in [5, 5.41) is 12.3. The topological polar surface area (TPSA) is 89.0 Å². The van der Waals surface area contributed by atoms with Crippen molar-refractivity contribution in [2.24, 2.45) is 0 Å². The number of hydrogen-bond acceptors (Lipinski definition) is 7. The average Bonchev–Trinajstić information content (AvgIpc) is 3.07. The molecule has 104 valence electrons. The minimum atomic E-state index is -1.20. The molecular formula is C11H8BrN3O3S2. The van der Waals surface area contributed by atoms with Gasteiger partial charge in [0.25, 0.3) is 5.91 Å². The summed E-state index contributed by atoms with van der Waals surface area (Å²) in [6.07, 6.45) is 0. The lowest BCUT2D eigenvalue weighted by Gasteiger charge is -2.05. The number of carbonyl (C=O) groups excluding carboxylic acids is 3. The zero-order valence-electron chi connectivity index (χ0n) is 10.1. The third kappa shape index (κ3) is 3.35. The van der Waals surface area contributed by atoms with E-state index in [0.717, 1.165) is 11.3 Å². The minimum absolute atomic E-state index is 0.226. The van der Waals surface area contributed by atoms with E-state index in [-0.39, 0.29) is 5.13 Å². The molecule has 0 bridgehead atoms. The number of Topliss-reactive ketones (excluding diaryl/α,β-unsaturated/α-hetero) is 2. The maximum atomic E-state index is 11.9. The summed E-state index contributed by atoms with van der Waals surface area (Å²) >= 11 is 5.32. The molecular weight excluding hydrogens is 366 g/mol. The van der Waals surface area contributed by atoms with Gasteiger partial charge in [-0.2, -0.15) is 0 Å². The number of halogens is 1. The molecule has 2 aromatic rings. The number of hydrogen-bond donors (Lipinski definition) is 1. The fourth-order valence-corrected chi connectivity index (χ4v) is 3.17. The number of thiophene rings is 1. The Balaban J connectivity index is 2.03. The largest absolute Gasteiger partial charge is 0.295 e. The molecule has 0 saturated heterocycles. The van der Waals surface area contributed by atoms with E-state index in [1.54, 1.807) is 24.4 Å². The van der Waals surface area contributed by atoms with Gasteiger partial charge in [0.1, 0.15) is 9.83 Å². The van der Waals surface area contributed by atoms with Gasteiger partial charge < -0.3 is 0 Å². The smallest absolute Gasteiger partial charge is 0.294 e. The van der Waals surface area contributed by atoms with Crippen LogP contribution < -0.4 is 5.32 Å². The van der Waals surface area contributed by atoms with E-state index < -0.39 is 22.3 Å².